The molecule has 1 saturated heterocycles. The van der Waals surface area contributed by atoms with Gasteiger partial charge in [-0.25, -0.2) is 19.7 Å². The molecule has 294 valence electrons. The lowest BCUT2D eigenvalue weighted by Crippen LogP contribution is -2.39. The number of hydrogen-bond acceptors (Lipinski definition) is 7. The first-order chi connectivity index (χ1) is 25.7. The molecule has 10 nitrogen and oxygen atoms in total. The minimum atomic E-state index is -0.809. The number of likely N-dealkylation sites (tertiary alicyclic amines) is 1. The number of nitrogens with zero attached hydrogens (tertiary/aromatic N) is 2. The van der Waals surface area contributed by atoms with E-state index in [9.17, 15) is 19.2 Å². The minimum Gasteiger partial charge on any atom is -0.443 e. The van der Waals surface area contributed by atoms with Crippen LogP contribution in [-0.2, 0) is 20.8 Å². The first kappa shape index (κ1) is 42.4. The molecule has 0 aromatic heterocycles. The number of imide groups is 1. The second kappa shape index (κ2) is 17.8. The van der Waals surface area contributed by atoms with Gasteiger partial charge in [0.1, 0.15) is 16.8 Å². The van der Waals surface area contributed by atoms with Crippen molar-refractivity contribution in [3.8, 4) is 0 Å². The van der Waals surface area contributed by atoms with E-state index in [0.29, 0.717) is 36.8 Å². The molecule has 0 aliphatic carbocycles. The number of hydrogen-bond donors (Lipinski definition) is 1. The van der Waals surface area contributed by atoms with E-state index in [1.54, 1.807) is 46.4 Å². The van der Waals surface area contributed by atoms with Gasteiger partial charge >= 0.3 is 18.3 Å². The van der Waals surface area contributed by atoms with Crippen LogP contribution in [0.15, 0.2) is 91.0 Å². The van der Waals surface area contributed by atoms with E-state index in [-0.39, 0.29) is 5.91 Å². The molecule has 10 heteroatoms. The number of aryl methyl sites for hydroxylation is 1. The maximum Gasteiger partial charge on any atom is 0.417 e. The lowest BCUT2D eigenvalue weighted by Gasteiger charge is -2.33. The molecule has 4 aromatic carbocycles. The number of amides is 4. The summed E-state index contributed by atoms with van der Waals surface area (Å²) in [6.07, 6.45) is -0.167. The van der Waals surface area contributed by atoms with Crippen molar-refractivity contribution >= 4 is 40.6 Å². The molecule has 0 saturated carbocycles. The van der Waals surface area contributed by atoms with Crippen LogP contribution in [0.5, 0.6) is 0 Å². The Bertz CT molecular complexity index is 1940. The molecule has 0 unspecified atom stereocenters. The van der Waals surface area contributed by atoms with Gasteiger partial charge in [-0.05, 0) is 134 Å². The zero-order valence-corrected chi connectivity index (χ0v) is 34.0. The molecule has 55 heavy (non-hydrogen) atoms. The van der Waals surface area contributed by atoms with Crippen LogP contribution in [0.2, 0.25) is 0 Å². The Hall–Kier alpha value is -5.38. The third kappa shape index (κ3) is 13.8. The minimum absolute atomic E-state index is 0.000568. The standard InChI is InChI=1S/C35H38N2O3.C10H19NO4/c1-25-9-7-12-29(21-25)28-17-19-36(20-18-28)33(38)31-13-8-14-32(23-31)37(34(39)40-35(2,3)4)24-26-15-16-27-10-5-6-11-30(27)22-26;1-9(2,3)14-7(12)11-8(13)15-10(4,5)6/h5-16,21-23,28H,17-20,24H2,1-4H3;1-6H3,(H,11,12,13). The lowest BCUT2D eigenvalue weighted by molar-refractivity contribution is 0.0352. The van der Waals surface area contributed by atoms with Crippen molar-refractivity contribution in [1.82, 2.24) is 10.2 Å². The maximum atomic E-state index is 13.6. The number of anilines is 1. The molecule has 1 aliphatic heterocycles. The predicted octanol–water partition coefficient (Wildman–Crippen LogP) is 10.6. The normalized spacial score (nSPS) is 13.6. The number of ether oxygens (including phenoxy) is 3. The van der Waals surface area contributed by atoms with Gasteiger partial charge in [0.05, 0.1) is 6.54 Å². The molecule has 4 aromatic rings. The third-order valence-corrected chi connectivity index (χ3v) is 8.47. The summed E-state index contributed by atoms with van der Waals surface area (Å²) < 4.78 is 15.5. The third-order valence-electron chi connectivity index (χ3n) is 8.47. The molecular formula is C45H57N3O7. The summed E-state index contributed by atoms with van der Waals surface area (Å²) in [5, 5.41) is 4.23. The van der Waals surface area contributed by atoms with Crippen molar-refractivity contribution in [3.05, 3.63) is 113 Å². The van der Waals surface area contributed by atoms with Crippen molar-refractivity contribution in [2.24, 2.45) is 0 Å². The fourth-order valence-electron chi connectivity index (χ4n) is 6.12. The van der Waals surface area contributed by atoms with E-state index in [1.807, 2.05) is 73.5 Å². The van der Waals surface area contributed by atoms with Crippen LogP contribution in [0.1, 0.15) is 108 Å². The van der Waals surface area contributed by atoms with Crippen molar-refractivity contribution in [2.75, 3.05) is 18.0 Å². The molecule has 0 atom stereocenters. The number of carbonyl (C=O) groups is 4. The number of alkyl carbamates (subject to hydrolysis) is 2. The van der Waals surface area contributed by atoms with Gasteiger partial charge in [-0.3, -0.25) is 9.69 Å². The van der Waals surface area contributed by atoms with Crippen molar-refractivity contribution in [2.45, 2.75) is 111 Å². The highest BCUT2D eigenvalue weighted by Crippen LogP contribution is 2.30. The number of fused-ring (bicyclic) bond motifs is 1. The number of benzene rings is 4. The second-order valence-electron chi connectivity index (χ2n) is 16.9. The van der Waals surface area contributed by atoms with Crippen LogP contribution in [0.3, 0.4) is 0 Å². The maximum absolute atomic E-state index is 13.6. The van der Waals surface area contributed by atoms with Gasteiger partial charge < -0.3 is 19.1 Å². The summed E-state index contributed by atoms with van der Waals surface area (Å²) in [7, 11) is 0. The van der Waals surface area contributed by atoms with E-state index < -0.39 is 35.1 Å². The smallest absolute Gasteiger partial charge is 0.417 e. The van der Waals surface area contributed by atoms with Gasteiger partial charge in [-0.1, -0.05) is 72.3 Å². The Balaban J connectivity index is 0.000000381. The Labute approximate surface area is 326 Å². The Morgan fingerprint density at radius 1 is 0.673 bits per heavy atom. The van der Waals surface area contributed by atoms with Gasteiger partial charge in [0, 0.05) is 24.3 Å². The Kier molecular flexibility index (Phi) is 13.7. The summed E-state index contributed by atoms with van der Waals surface area (Å²) in [6.45, 7) is 19.7. The molecule has 1 aliphatic rings. The predicted molar refractivity (Wildman–Crippen MR) is 217 cm³/mol. The van der Waals surface area contributed by atoms with E-state index >= 15 is 0 Å². The van der Waals surface area contributed by atoms with Gasteiger partial charge in [0.15, 0.2) is 0 Å². The molecule has 1 N–H and O–H groups in total. The van der Waals surface area contributed by atoms with Crippen molar-refractivity contribution in [1.29, 1.82) is 0 Å². The summed E-state index contributed by atoms with van der Waals surface area (Å²) >= 11 is 0. The number of piperidine rings is 1. The van der Waals surface area contributed by atoms with Gasteiger partial charge in [0.2, 0.25) is 0 Å². The number of carbonyl (C=O) groups excluding carboxylic acids is 4. The van der Waals surface area contributed by atoms with Crippen LogP contribution in [0, 0.1) is 6.92 Å². The van der Waals surface area contributed by atoms with Crippen LogP contribution in [-0.4, -0.2) is 59.0 Å². The molecule has 1 heterocycles. The fourth-order valence-corrected chi connectivity index (χ4v) is 6.12. The van der Waals surface area contributed by atoms with Crippen LogP contribution >= 0.6 is 0 Å². The van der Waals surface area contributed by atoms with E-state index in [4.69, 9.17) is 14.2 Å². The van der Waals surface area contributed by atoms with E-state index in [1.165, 1.54) is 11.1 Å². The average molecular weight is 752 g/mol. The highest BCUT2D eigenvalue weighted by atomic mass is 16.6. The molecule has 0 spiro atoms. The van der Waals surface area contributed by atoms with Crippen molar-refractivity contribution in [3.63, 3.8) is 0 Å². The monoisotopic (exact) mass is 751 g/mol. The SMILES string of the molecule is CC(C)(C)OC(=O)NC(=O)OC(C)(C)C.Cc1cccc(C2CCN(C(=O)c3cccc(N(Cc4ccc5ccccc5c4)C(=O)OC(C)(C)C)c3)CC2)c1. The summed E-state index contributed by atoms with van der Waals surface area (Å²) in [5.74, 6) is 0.472. The topological polar surface area (TPSA) is 114 Å². The molecule has 4 amide bonds. The van der Waals surface area contributed by atoms with Gasteiger partial charge in [-0.15, -0.1) is 0 Å². The summed E-state index contributed by atoms with van der Waals surface area (Å²) in [5.41, 5.74) is 2.93. The average Bonchev–Trinajstić information content (AvgIpc) is 3.08. The quantitative estimate of drug-likeness (QED) is 0.202. The van der Waals surface area contributed by atoms with E-state index in [2.05, 4.69) is 55.5 Å². The number of nitrogens with one attached hydrogen (secondary N) is 1. The zero-order valence-electron chi connectivity index (χ0n) is 34.0. The first-order valence-corrected chi connectivity index (χ1v) is 18.8. The van der Waals surface area contributed by atoms with E-state index in [0.717, 1.165) is 29.2 Å². The summed E-state index contributed by atoms with van der Waals surface area (Å²) in [6, 6.07) is 30.4. The second-order valence-corrected chi connectivity index (χ2v) is 16.9. The zero-order chi connectivity index (χ0) is 40.6. The summed E-state index contributed by atoms with van der Waals surface area (Å²) in [4.78, 5) is 52.8. The largest absolute Gasteiger partial charge is 0.443 e. The lowest BCUT2D eigenvalue weighted by atomic mass is 9.88. The highest BCUT2D eigenvalue weighted by molar-refractivity contribution is 5.97. The van der Waals surface area contributed by atoms with Crippen LogP contribution in [0.25, 0.3) is 10.8 Å². The van der Waals surface area contributed by atoms with Crippen molar-refractivity contribution < 1.29 is 33.4 Å². The molecule has 0 bridgehead atoms. The fraction of sp³-hybridized carbons (Fsp3) is 0.422. The van der Waals surface area contributed by atoms with Crippen LogP contribution in [0.4, 0.5) is 20.1 Å². The molecule has 1 fully saturated rings. The van der Waals surface area contributed by atoms with Gasteiger partial charge in [-0.2, -0.15) is 0 Å². The number of rotatable bonds is 5. The van der Waals surface area contributed by atoms with Crippen LogP contribution < -0.4 is 10.2 Å². The first-order valence-electron chi connectivity index (χ1n) is 18.8. The Morgan fingerprint density at radius 2 is 1.25 bits per heavy atom. The van der Waals surface area contributed by atoms with Gasteiger partial charge in [0.25, 0.3) is 5.91 Å². The Morgan fingerprint density at radius 3 is 1.84 bits per heavy atom. The molecular weight excluding hydrogens is 695 g/mol. The molecule has 5 rings (SSSR count). The molecule has 0 radical (unpaired) electrons. The highest BCUT2D eigenvalue weighted by Gasteiger charge is 2.28.